The summed E-state index contributed by atoms with van der Waals surface area (Å²) in [6.07, 6.45) is -2.82. The third-order valence-corrected chi connectivity index (χ3v) is 4.43. The fraction of sp³-hybridized carbons (Fsp3) is 0.500. The molecule has 0 bridgehead atoms. The molecule has 0 fully saturated rings. The van der Waals surface area contributed by atoms with E-state index >= 15 is 0 Å². The van der Waals surface area contributed by atoms with Crippen molar-refractivity contribution in [1.82, 2.24) is 14.5 Å². The zero-order valence-electron chi connectivity index (χ0n) is 15.8. The van der Waals surface area contributed by atoms with Crippen molar-refractivity contribution >= 4 is 5.97 Å². The Morgan fingerprint density at radius 3 is 2.44 bits per heavy atom. The first-order valence-corrected chi connectivity index (χ1v) is 8.34. The van der Waals surface area contributed by atoms with Crippen LogP contribution in [-0.2, 0) is 12.8 Å². The monoisotopic (exact) mass is 385 g/mol. The fourth-order valence-corrected chi connectivity index (χ4v) is 2.78. The van der Waals surface area contributed by atoms with Gasteiger partial charge in [-0.3, -0.25) is 4.57 Å². The van der Waals surface area contributed by atoms with Gasteiger partial charge in [-0.15, -0.1) is 0 Å². The van der Waals surface area contributed by atoms with Crippen molar-refractivity contribution in [2.24, 2.45) is 5.41 Å². The highest BCUT2D eigenvalue weighted by molar-refractivity contribution is 5.87. The van der Waals surface area contributed by atoms with Gasteiger partial charge in [0.2, 0.25) is 0 Å². The van der Waals surface area contributed by atoms with Crippen LogP contribution in [0.3, 0.4) is 0 Å². The molecule has 1 N–H and O–H groups in total. The Kier molecular flexibility index (Phi) is 5.53. The first-order chi connectivity index (χ1) is 12.4. The molecule has 9 heteroatoms. The van der Waals surface area contributed by atoms with Crippen molar-refractivity contribution in [3.05, 3.63) is 35.0 Å². The minimum absolute atomic E-state index is 0.0991. The quantitative estimate of drug-likeness (QED) is 0.814. The third kappa shape index (κ3) is 3.91. The van der Waals surface area contributed by atoms with Gasteiger partial charge < -0.3 is 9.84 Å². The lowest BCUT2D eigenvalue weighted by Crippen LogP contribution is -2.34. The number of hydrogen-bond donors (Lipinski definition) is 1. The minimum Gasteiger partial charge on any atom is -0.493 e. The number of halogens is 3. The molecule has 0 saturated heterocycles. The number of nitrogens with zero attached hydrogens (tertiary/aromatic N) is 3. The predicted molar refractivity (Wildman–Crippen MR) is 92.5 cm³/mol. The molecule has 27 heavy (non-hydrogen) atoms. The van der Waals surface area contributed by atoms with E-state index in [1.54, 1.807) is 11.5 Å². The molecule has 0 aromatic carbocycles. The van der Waals surface area contributed by atoms with Crippen molar-refractivity contribution in [3.63, 3.8) is 0 Å². The SMILES string of the molecule is CCc1nc(C(=O)O)c(C)n1-c1ncc(CC(C)(C)C(F)(F)F)cc1OC. The van der Waals surface area contributed by atoms with Crippen molar-refractivity contribution in [2.75, 3.05) is 7.11 Å². The van der Waals surface area contributed by atoms with Gasteiger partial charge in [0.05, 0.1) is 18.2 Å². The van der Waals surface area contributed by atoms with Crippen molar-refractivity contribution < 1.29 is 27.8 Å². The molecule has 0 saturated carbocycles. The average molecular weight is 385 g/mol. The Bertz CT molecular complexity index is 858. The number of methoxy groups -OCH3 is 1. The largest absolute Gasteiger partial charge is 0.493 e. The molecule has 6 nitrogen and oxygen atoms in total. The summed E-state index contributed by atoms with van der Waals surface area (Å²) in [5, 5.41) is 9.29. The highest BCUT2D eigenvalue weighted by Crippen LogP contribution is 2.40. The zero-order valence-corrected chi connectivity index (χ0v) is 15.8. The van der Waals surface area contributed by atoms with E-state index in [9.17, 15) is 23.1 Å². The number of carboxylic acids is 1. The molecule has 0 aliphatic rings. The molecule has 0 aliphatic heterocycles. The Balaban J connectivity index is 2.54. The van der Waals surface area contributed by atoms with E-state index in [4.69, 9.17) is 4.74 Å². The Hall–Kier alpha value is -2.58. The number of pyridine rings is 1. The first kappa shape index (κ1) is 20.7. The number of carboxylic acid groups (broad SMARTS) is 1. The molecule has 2 rings (SSSR count). The minimum atomic E-state index is -4.36. The average Bonchev–Trinajstić information content (AvgIpc) is 2.90. The van der Waals surface area contributed by atoms with Crippen LogP contribution in [0.25, 0.3) is 5.82 Å². The molecule has 0 spiro atoms. The summed E-state index contributed by atoms with van der Waals surface area (Å²) in [5.74, 6) is -0.152. The Labute approximate surface area is 155 Å². The topological polar surface area (TPSA) is 77.2 Å². The van der Waals surface area contributed by atoms with E-state index in [0.29, 0.717) is 29.3 Å². The van der Waals surface area contributed by atoms with E-state index in [1.807, 2.05) is 6.92 Å². The van der Waals surface area contributed by atoms with Crippen molar-refractivity contribution in [2.45, 2.75) is 46.7 Å². The number of aryl methyl sites for hydroxylation is 1. The summed E-state index contributed by atoms with van der Waals surface area (Å²) < 4.78 is 46.3. The molecule has 2 aromatic rings. The number of aromatic carboxylic acids is 1. The van der Waals surface area contributed by atoms with Crippen LogP contribution in [0.15, 0.2) is 12.3 Å². The highest BCUT2D eigenvalue weighted by atomic mass is 19.4. The number of ether oxygens (including phenoxy) is 1. The van der Waals surface area contributed by atoms with E-state index in [-0.39, 0.29) is 17.9 Å². The van der Waals surface area contributed by atoms with Gasteiger partial charge in [-0.1, -0.05) is 20.8 Å². The molecule has 2 aromatic heterocycles. The van der Waals surface area contributed by atoms with Gasteiger partial charge in [-0.2, -0.15) is 13.2 Å². The molecule has 2 heterocycles. The lowest BCUT2D eigenvalue weighted by Gasteiger charge is -2.27. The first-order valence-electron chi connectivity index (χ1n) is 8.34. The fourth-order valence-electron chi connectivity index (χ4n) is 2.78. The lowest BCUT2D eigenvalue weighted by molar-refractivity contribution is -0.211. The van der Waals surface area contributed by atoms with Gasteiger partial charge in [0.1, 0.15) is 5.82 Å². The maximum absolute atomic E-state index is 13.2. The van der Waals surface area contributed by atoms with Crippen LogP contribution in [0, 0.1) is 12.3 Å². The molecule has 0 amide bonds. The van der Waals surface area contributed by atoms with Gasteiger partial charge in [0.15, 0.2) is 17.3 Å². The predicted octanol–water partition coefficient (Wildman–Crippen LogP) is 3.98. The molecule has 0 radical (unpaired) electrons. The van der Waals surface area contributed by atoms with Crippen LogP contribution < -0.4 is 4.74 Å². The molecular weight excluding hydrogens is 363 g/mol. The van der Waals surface area contributed by atoms with Crippen molar-refractivity contribution in [1.29, 1.82) is 0 Å². The number of imidazole rings is 1. The van der Waals surface area contributed by atoms with Crippen LogP contribution in [0.5, 0.6) is 5.75 Å². The molecule has 148 valence electrons. The van der Waals surface area contributed by atoms with Gasteiger partial charge >= 0.3 is 12.1 Å². The second kappa shape index (κ2) is 7.21. The summed E-state index contributed by atoms with van der Waals surface area (Å²) >= 11 is 0. The van der Waals surface area contributed by atoms with Crippen molar-refractivity contribution in [3.8, 4) is 11.6 Å². The van der Waals surface area contributed by atoms with E-state index in [2.05, 4.69) is 9.97 Å². The van der Waals surface area contributed by atoms with E-state index in [1.165, 1.54) is 19.4 Å². The smallest absolute Gasteiger partial charge is 0.394 e. The summed E-state index contributed by atoms with van der Waals surface area (Å²) in [4.78, 5) is 19.7. The Morgan fingerprint density at radius 1 is 1.33 bits per heavy atom. The van der Waals surface area contributed by atoms with Gasteiger partial charge in [0.25, 0.3) is 0 Å². The molecule has 0 atom stereocenters. The highest BCUT2D eigenvalue weighted by Gasteiger charge is 2.47. The molecular formula is C18H22F3N3O3. The van der Waals surface area contributed by atoms with E-state index < -0.39 is 17.6 Å². The summed E-state index contributed by atoms with van der Waals surface area (Å²) in [5.41, 5.74) is -1.28. The normalized spacial score (nSPS) is 12.3. The zero-order chi connectivity index (χ0) is 20.6. The second-order valence-electron chi connectivity index (χ2n) is 6.88. The molecule has 0 unspecified atom stereocenters. The maximum Gasteiger partial charge on any atom is 0.394 e. The number of aromatic nitrogens is 3. The van der Waals surface area contributed by atoms with Crippen LogP contribution in [0.2, 0.25) is 0 Å². The third-order valence-electron chi connectivity index (χ3n) is 4.43. The molecule has 0 aliphatic carbocycles. The number of alkyl halides is 3. The van der Waals surface area contributed by atoms with E-state index in [0.717, 1.165) is 13.8 Å². The van der Waals surface area contributed by atoms with Gasteiger partial charge in [-0.25, -0.2) is 14.8 Å². The van der Waals surface area contributed by atoms with Gasteiger partial charge in [0, 0.05) is 12.6 Å². The van der Waals surface area contributed by atoms with Crippen LogP contribution in [0.4, 0.5) is 13.2 Å². The number of carbonyl (C=O) groups is 1. The number of hydrogen-bond acceptors (Lipinski definition) is 4. The summed E-state index contributed by atoms with van der Waals surface area (Å²) in [7, 11) is 1.38. The number of rotatable bonds is 6. The Morgan fingerprint density at radius 2 is 1.96 bits per heavy atom. The maximum atomic E-state index is 13.2. The second-order valence-corrected chi connectivity index (χ2v) is 6.88. The van der Waals surface area contributed by atoms with Gasteiger partial charge in [-0.05, 0) is 25.0 Å². The van der Waals surface area contributed by atoms with Crippen LogP contribution in [0.1, 0.15) is 48.3 Å². The van der Waals surface area contributed by atoms with Crippen LogP contribution >= 0.6 is 0 Å². The summed E-state index contributed by atoms with van der Waals surface area (Å²) in [6.45, 7) is 5.66. The standard InChI is InChI=1S/C18H22F3N3O3/c1-6-13-23-14(16(25)26)10(2)24(13)15-12(27-5)7-11(9-22-15)8-17(3,4)18(19,20)21/h7,9H,6,8H2,1-5H3,(H,25,26). The lowest BCUT2D eigenvalue weighted by atomic mass is 9.85. The van der Waals surface area contributed by atoms with Crippen LogP contribution in [-0.4, -0.2) is 38.9 Å². The summed E-state index contributed by atoms with van der Waals surface area (Å²) in [6, 6.07) is 1.50.